The maximum atomic E-state index is 11.5. The van der Waals surface area contributed by atoms with E-state index in [-0.39, 0.29) is 11.8 Å². The minimum atomic E-state index is -0.310. The molecule has 0 saturated carbocycles. The van der Waals surface area contributed by atoms with Crippen LogP contribution in [0.3, 0.4) is 0 Å². The summed E-state index contributed by atoms with van der Waals surface area (Å²) in [6, 6.07) is 7.11. The largest absolute Gasteiger partial charge is 0.269 e. The highest BCUT2D eigenvalue weighted by Gasteiger charge is 2.24. The molecule has 0 N–H and O–H groups in total. The zero-order valence-corrected chi connectivity index (χ0v) is 10.6. The lowest BCUT2D eigenvalue weighted by Gasteiger charge is -2.13. The van der Waals surface area contributed by atoms with Crippen LogP contribution in [0.15, 0.2) is 46.1 Å². The van der Waals surface area contributed by atoms with Gasteiger partial charge in [0.1, 0.15) is 0 Å². The Bertz CT molecular complexity index is 505. The standard InChI is InChI=1S/C12H11N3O2S/c1-18-14-13-8-9-2-4-10(5-3-9)15-11(16)6-7-12(15)17/h2-7H,8H2,1H3. The first-order chi connectivity index (χ1) is 8.72. The van der Waals surface area contributed by atoms with Crippen molar-refractivity contribution in [2.45, 2.75) is 6.54 Å². The molecule has 0 saturated heterocycles. The van der Waals surface area contributed by atoms with Crippen LogP contribution in [-0.4, -0.2) is 18.1 Å². The molecule has 1 aromatic rings. The van der Waals surface area contributed by atoms with Gasteiger partial charge in [0.15, 0.2) is 0 Å². The van der Waals surface area contributed by atoms with Crippen LogP contribution < -0.4 is 4.90 Å². The number of carbonyl (C=O) groups excluding carboxylic acids is 2. The van der Waals surface area contributed by atoms with Crippen LogP contribution in [-0.2, 0) is 16.1 Å². The molecule has 2 rings (SSSR count). The van der Waals surface area contributed by atoms with Crippen LogP contribution in [0.25, 0.3) is 0 Å². The van der Waals surface area contributed by atoms with E-state index in [1.807, 2.05) is 18.4 Å². The third kappa shape index (κ3) is 2.65. The van der Waals surface area contributed by atoms with E-state index in [0.29, 0.717) is 12.2 Å². The number of hydrogen-bond acceptors (Lipinski definition) is 5. The lowest BCUT2D eigenvalue weighted by molar-refractivity contribution is -0.119. The maximum absolute atomic E-state index is 11.5. The van der Waals surface area contributed by atoms with Crippen molar-refractivity contribution in [1.29, 1.82) is 0 Å². The fourth-order valence-corrected chi connectivity index (χ4v) is 1.75. The van der Waals surface area contributed by atoms with Gasteiger partial charge in [-0.3, -0.25) is 9.59 Å². The Morgan fingerprint density at radius 2 is 1.72 bits per heavy atom. The van der Waals surface area contributed by atoms with Gasteiger partial charge < -0.3 is 0 Å². The lowest BCUT2D eigenvalue weighted by atomic mass is 10.2. The number of hydrogen-bond donors (Lipinski definition) is 0. The Morgan fingerprint density at radius 1 is 1.11 bits per heavy atom. The smallest absolute Gasteiger partial charge is 0.258 e. The number of benzene rings is 1. The summed E-state index contributed by atoms with van der Waals surface area (Å²) < 4.78 is 3.80. The van der Waals surface area contributed by atoms with Crippen molar-refractivity contribution in [2.75, 3.05) is 11.2 Å². The minimum absolute atomic E-state index is 0.310. The average molecular weight is 261 g/mol. The fraction of sp³-hybridized carbons (Fsp3) is 0.167. The van der Waals surface area contributed by atoms with Gasteiger partial charge in [-0.1, -0.05) is 12.1 Å². The average Bonchev–Trinajstić information content (AvgIpc) is 2.71. The molecule has 1 aliphatic rings. The number of carbonyl (C=O) groups is 2. The minimum Gasteiger partial charge on any atom is -0.269 e. The molecule has 0 fully saturated rings. The van der Waals surface area contributed by atoms with E-state index in [4.69, 9.17) is 0 Å². The van der Waals surface area contributed by atoms with Crippen LogP contribution in [0.5, 0.6) is 0 Å². The Labute approximate surface area is 109 Å². The summed E-state index contributed by atoms with van der Waals surface area (Å²) in [7, 11) is 0. The first-order valence-corrected chi connectivity index (χ1v) is 6.45. The second-order valence-electron chi connectivity index (χ2n) is 3.58. The molecular weight excluding hydrogens is 250 g/mol. The topological polar surface area (TPSA) is 62.1 Å². The number of rotatable bonds is 4. The molecule has 6 heteroatoms. The molecule has 1 heterocycles. The van der Waals surface area contributed by atoms with Gasteiger partial charge in [-0.15, -0.1) is 4.52 Å². The van der Waals surface area contributed by atoms with E-state index >= 15 is 0 Å². The van der Waals surface area contributed by atoms with Crippen molar-refractivity contribution in [3.05, 3.63) is 42.0 Å². The molecule has 0 aliphatic carbocycles. The van der Waals surface area contributed by atoms with E-state index in [1.165, 1.54) is 24.1 Å². The highest BCUT2D eigenvalue weighted by Crippen LogP contribution is 2.19. The van der Waals surface area contributed by atoms with Gasteiger partial charge in [0.2, 0.25) is 0 Å². The van der Waals surface area contributed by atoms with E-state index in [9.17, 15) is 9.59 Å². The summed E-state index contributed by atoms with van der Waals surface area (Å²) in [6.07, 6.45) is 4.37. The van der Waals surface area contributed by atoms with Crippen LogP contribution in [0.2, 0.25) is 0 Å². The SMILES string of the molecule is CSN=NCc1ccc(N2C(=O)C=CC2=O)cc1. The zero-order chi connectivity index (χ0) is 13.0. The van der Waals surface area contributed by atoms with Crippen LogP contribution >= 0.6 is 11.9 Å². The zero-order valence-electron chi connectivity index (χ0n) is 9.74. The molecule has 2 amide bonds. The van der Waals surface area contributed by atoms with E-state index < -0.39 is 0 Å². The summed E-state index contributed by atoms with van der Waals surface area (Å²) in [4.78, 5) is 24.1. The summed E-state index contributed by atoms with van der Waals surface area (Å²) in [5.41, 5.74) is 1.55. The van der Waals surface area contributed by atoms with Gasteiger partial charge in [-0.05, 0) is 29.6 Å². The van der Waals surface area contributed by atoms with E-state index in [2.05, 4.69) is 9.63 Å². The van der Waals surface area contributed by atoms with Gasteiger partial charge in [-0.25, -0.2) is 4.90 Å². The van der Waals surface area contributed by atoms with E-state index in [1.54, 1.807) is 12.1 Å². The molecule has 1 aliphatic heterocycles. The fourth-order valence-electron chi connectivity index (χ4n) is 1.57. The molecule has 92 valence electrons. The quantitative estimate of drug-likeness (QED) is 0.475. The summed E-state index contributed by atoms with van der Waals surface area (Å²) in [5.74, 6) is -0.621. The predicted molar refractivity (Wildman–Crippen MR) is 70.2 cm³/mol. The van der Waals surface area contributed by atoms with Crippen molar-refractivity contribution in [1.82, 2.24) is 0 Å². The number of nitrogens with zero attached hydrogens (tertiary/aromatic N) is 3. The third-order valence-corrected chi connectivity index (χ3v) is 2.68. The Balaban J connectivity index is 2.10. The van der Waals surface area contributed by atoms with Gasteiger partial charge >= 0.3 is 0 Å². The molecule has 0 bridgehead atoms. The third-order valence-electron chi connectivity index (χ3n) is 2.40. The van der Waals surface area contributed by atoms with Gasteiger partial charge in [0.25, 0.3) is 11.8 Å². The molecule has 0 atom stereocenters. The first-order valence-electron chi connectivity index (χ1n) is 5.27. The number of amides is 2. The highest BCUT2D eigenvalue weighted by atomic mass is 32.2. The van der Waals surface area contributed by atoms with Crippen molar-refractivity contribution in [3.63, 3.8) is 0 Å². The molecule has 5 nitrogen and oxygen atoms in total. The molecule has 0 spiro atoms. The number of anilines is 1. The van der Waals surface area contributed by atoms with Crippen molar-refractivity contribution in [2.24, 2.45) is 9.63 Å². The van der Waals surface area contributed by atoms with Crippen molar-refractivity contribution >= 4 is 29.4 Å². The predicted octanol–water partition coefficient (Wildman–Crippen LogP) is 2.35. The lowest BCUT2D eigenvalue weighted by Crippen LogP contribution is -2.29. The summed E-state index contributed by atoms with van der Waals surface area (Å²) in [6.45, 7) is 0.487. The van der Waals surface area contributed by atoms with Crippen LogP contribution in [0.4, 0.5) is 5.69 Å². The van der Waals surface area contributed by atoms with Crippen LogP contribution in [0.1, 0.15) is 5.56 Å². The maximum Gasteiger partial charge on any atom is 0.258 e. The second kappa shape index (κ2) is 5.59. The van der Waals surface area contributed by atoms with Gasteiger partial charge in [0, 0.05) is 18.4 Å². The monoisotopic (exact) mass is 261 g/mol. The molecule has 0 radical (unpaired) electrons. The summed E-state index contributed by atoms with van der Waals surface area (Å²) >= 11 is 1.30. The Hall–Kier alpha value is -1.95. The molecular formula is C12H11N3O2S. The van der Waals surface area contributed by atoms with Crippen LogP contribution in [0, 0.1) is 0 Å². The second-order valence-corrected chi connectivity index (χ2v) is 4.10. The van der Waals surface area contributed by atoms with Gasteiger partial charge in [0.05, 0.1) is 12.2 Å². The molecule has 1 aromatic carbocycles. The summed E-state index contributed by atoms with van der Waals surface area (Å²) in [5, 5.41) is 3.95. The Morgan fingerprint density at radius 3 is 2.28 bits per heavy atom. The van der Waals surface area contributed by atoms with E-state index in [0.717, 1.165) is 10.5 Å². The highest BCUT2D eigenvalue weighted by molar-refractivity contribution is 7.97. The molecule has 0 aromatic heterocycles. The van der Waals surface area contributed by atoms with Crippen molar-refractivity contribution < 1.29 is 9.59 Å². The van der Waals surface area contributed by atoms with Gasteiger partial charge in [-0.2, -0.15) is 5.11 Å². The molecule has 0 unspecified atom stereocenters. The normalized spacial score (nSPS) is 15.1. The number of imide groups is 1. The Kier molecular flexibility index (Phi) is 3.88. The first kappa shape index (κ1) is 12.5. The van der Waals surface area contributed by atoms with Crippen molar-refractivity contribution in [3.8, 4) is 0 Å². The molecule has 18 heavy (non-hydrogen) atoms.